The van der Waals surface area contributed by atoms with Crippen LogP contribution in [0.2, 0.25) is 0 Å². The van der Waals surface area contributed by atoms with Crippen molar-refractivity contribution in [3.05, 3.63) is 59.9 Å². The second-order valence-corrected chi connectivity index (χ2v) is 8.15. The fourth-order valence-electron chi connectivity index (χ4n) is 3.27. The summed E-state index contributed by atoms with van der Waals surface area (Å²) in [4.78, 5) is 29.1. The van der Waals surface area contributed by atoms with Crippen molar-refractivity contribution in [2.75, 3.05) is 36.8 Å². The van der Waals surface area contributed by atoms with E-state index in [1.165, 1.54) is 13.0 Å². The van der Waals surface area contributed by atoms with E-state index in [-0.39, 0.29) is 23.4 Å². The zero-order valence-electron chi connectivity index (χ0n) is 16.2. The van der Waals surface area contributed by atoms with Gasteiger partial charge in [-0.05, 0) is 37.3 Å². The summed E-state index contributed by atoms with van der Waals surface area (Å²) in [6, 6.07) is 14.7. The van der Waals surface area contributed by atoms with Crippen LogP contribution in [0.4, 0.5) is 10.1 Å². The van der Waals surface area contributed by atoms with E-state index < -0.39 is 0 Å². The number of amides is 1. The van der Waals surface area contributed by atoms with Gasteiger partial charge in [0.15, 0.2) is 5.78 Å². The molecule has 2 aromatic carbocycles. The molecule has 6 heteroatoms. The van der Waals surface area contributed by atoms with E-state index >= 15 is 0 Å². The van der Waals surface area contributed by atoms with Crippen molar-refractivity contribution in [3.8, 4) is 0 Å². The molecule has 1 aliphatic heterocycles. The summed E-state index contributed by atoms with van der Waals surface area (Å²) in [5.41, 5.74) is 0.865. The number of ketones is 1. The zero-order valence-corrected chi connectivity index (χ0v) is 17.0. The van der Waals surface area contributed by atoms with Crippen LogP contribution in [0.3, 0.4) is 0 Å². The molecule has 1 unspecified atom stereocenters. The van der Waals surface area contributed by atoms with Gasteiger partial charge in [0.25, 0.3) is 0 Å². The number of benzene rings is 2. The van der Waals surface area contributed by atoms with Crippen LogP contribution in [0.15, 0.2) is 53.4 Å². The van der Waals surface area contributed by atoms with Crippen molar-refractivity contribution in [1.29, 1.82) is 0 Å². The summed E-state index contributed by atoms with van der Waals surface area (Å²) in [6.07, 6.45) is 0. The van der Waals surface area contributed by atoms with Crippen molar-refractivity contribution >= 4 is 29.1 Å². The Balaban J connectivity index is 1.53. The highest BCUT2D eigenvalue weighted by molar-refractivity contribution is 7.99. The Hall–Kier alpha value is -2.34. The first-order valence-corrected chi connectivity index (χ1v) is 10.5. The number of thioether (sulfide) groups is 1. The maximum atomic E-state index is 14.4. The van der Waals surface area contributed by atoms with Gasteiger partial charge in [-0.2, -0.15) is 0 Å². The number of Topliss-reactive ketones (excluding diaryl/α,β-unsaturated/α-hetero) is 1. The largest absolute Gasteiger partial charge is 0.366 e. The number of halogens is 1. The lowest BCUT2D eigenvalue weighted by Crippen LogP contribution is -2.50. The molecule has 1 saturated heterocycles. The van der Waals surface area contributed by atoms with Crippen LogP contribution in [-0.4, -0.2) is 48.5 Å². The fourth-order valence-corrected chi connectivity index (χ4v) is 4.21. The average molecular weight is 401 g/mol. The number of rotatable bonds is 6. The first-order valence-electron chi connectivity index (χ1n) is 9.48. The lowest BCUT2D eigenvalue weighted by Gasteiger charge is -2.37. The molecule has 1 amide bonds. The second-order valence-electron chi connectivity index (χ2n) is 7.06. The number of hydrogen-bond acceptors (Lipinski definition) is 4. The molecule has 0 N–H and O–H groups in total. The summed E-state index contributed by atoms with van der Waals surface area (Å²) in [7, 11) is 0. The van der Waals surface area contributed by atoms with E-state index in [0.29, 0.717) is 37.4 Å². The van der Waals surface area contributed by atoms with Gasteiger partial charge in [-0.25, -0.2) is 4.39 Å². The van der Waals surface area contributed by atoms with E-state index in [1.54, 1.807) is 23.9 Å². The molecule has 0 aliphatic carbocycles. The number of hydrogen-bond donors (Lipinski definition) is 0. The van der Waals surface area contributed by atoms with E-state index in [4.69, 9.17) is 0 Å². The topological polar surface area (TPSA) is 40.6 Å². The summed E-state index contributed by atoms with van der Waals surface area (Å²) in [5, 5.41) is 0. The highest BCUT2D eigenvalue weighted by atomic mass is 32.2. The highest BCUT2D eigenvalue weighted by Gasteiger charge is 2.26. The SMILES string of the molecule is CC(=O)c1ccc(N2CCN(C(=O)C(C)CSc3ccccc3)CC2)c(F)c1. The van der Waals surface area contributed by atoms with Crippen LogP contribution in [-0.2, 0) is 4.79 Å². The number of anilines is 1. The molecule has 0 radical (unpaired) electrons. The van der Waals surface area contributed by atoms with Gasteiger partial charge in [0.2, 0.25) is 5.91 Å². The van der Waals surface area contributed by atoms with Crippen molar-refractivity contribution in [1.82, 2.24) is 4.90 Å². The summed E-state index contributed by atoms with van der Waals surface area (Å²) in [6.45, 7) is 5.71. The van der Waals surface area contributed by atoms with Gasteiger partial charge in [-0.3, -0.25) is 9.59 Å². The number of nitrogens with zero attached hydrogens (tertiary/aromatic N) is 2. The van der Waals surface area contributed by atoms with Gasteiger partial charge in [-0.1, -0.05) is 25.1 Å². The van der Waals surface area contributed by atoms with Crippen molar-refractivity contribution in [2.45, 2.75) is 18.7 Å². The number of carbonyl (C=O) groups excluding carboxylic acids is 2. The molecule has 1 atom stereocenters. The third kappa shape index (κ3) is 4.93. The molecule has 2 aromatic rings. The minimum Gasteiger partial charge on any atom is -0.366 e. The molecule has 4 nitrogen and oxygen atoms in total. The van der Waals surface area contributed by atoms with Crippen molar-refractivity contribution < 1.29 is 14.0 Å². The zero-order chi connectivity index (χ0) is 20.1. The van der Waals surface area contributed by atoms with E-state index in [9.17, 15) is 14.0 Å². The van der Waals surface area contributed by atoms with Crippen LogP contribution in [0, 0.1) is 11.7 Å². The Bertz CT molecular complexity index is 836. The molecule has 1 aliphatic rings. The molecule has 148 valence electrons. The molecular weight excluding hydrogens is 375 g/mol. The first-order chi connectivity index (χ1) is 13.5. The van der Waals surface area contributed by atoms with E-state index in [2.05, 4.69) is 0 Å². The van der Waals surface area contributed by atoms with Gasteiger partial charge in [-0.15, -0.1) is 11.8 Å². The molecule has 3 rings (SSSR count). The van der Waals surface area contributed by atoms with E-state index in [0.717, 1.165) is 10.6 Å². The van der Waals surface area contributed by atoms with E-state index in [1.807, 2.05) is 47.1 Å². The molecule has 28 heavy (non-hydrogen) atoms. The van der Waals surface area contributed by atoms with Gasteiger partial charge in [0, 0.05) is 48.3 Å². The summed E-state index contributed by atoms with van der Waals surface area (Å²) >= 11 is 1.69. The smallest absolute Gasteiger partial charge is 0.226 e. The molecule has 1 fully saturated rings. The maximum absolute atomic E-state index is 14.4. The van der Waals surface area contributed by atoms with Crippen molar-refractivity contribution in [2.24, 2.45) is 5.92 Å². The highest BCUT2D eigenvalue weighted by Crippen LogP contribution is 2.24. The predicted molar refractivity (Wildman–Crippen MR) is 112 cm³/mol. The van der Waals surface area contributed by atoms with Crippen LogP contribution in [0.1, 0.15) is 24.2 Å². The lowest BCUT2D eigenvalue weighted by molar-refractivity contribution is -0.134. The minimum atomic E-state index is -0.389. The van der Waals surface area contributed by atoms with Crippen LogP contribution >= 0.6 is 11.8 Å². The third-order valence-corrected chi connectivity index (χ3v) is 6.22. The Labute approximate surface area is 169 Å². The molecule has 0 saturated carbocycles. The molecular formula is C22H25FN2O2S. The molecule has 0 bridgehead atoms. The molecule has 1 heterocycles. The molecule has 0 spiro atoms. The third-order valence-electron chi connectivity index (χ3n) is 4.95. The van der Waals surface area contributed by atoms with Crippen molar-refractivity contribution in [3.63, 3.8) is 0 Å². The maximum Gasteiger partial charge on any atom is 0.226 e. The summed E-state index contributed by atoms with van der Waals surface area (Å²) < 4.78 is 14.4. The minimum absolute atomic E-state index is 0.0663. The van der Waals surface area contributed by atoms with Crippen LogP contribution in [0.25, 0.3) is 0 Å². The number of piperazine rings is 1. The van der Waals surface area contributed by atoms with Gasteiger partial charge in [0.05, 0.1) is 5.69 Å². The van der Waals surface area contributed by atoms with Crippen LogP contribution in [0.5, 0.6) is 0 Å². The molecule has 0 aromatic heterocycles. The standard InChI is InChI=1S/C22H25FN2O2S/c1-16(15-28-19-6-4-3-5-7-19)22(27)25-12-10-24(11-13-25)21-9-8-18(17(2)26)14-20(21)23/h3-9,14,16H,10-13,15H2,1-2H3. The monoisotopic (exact) mass is 400 g/mol. The number of carbonyl (C=O) groups is 2. The normalized spacial score (nSPS) is 15.4. The van der Waals surface area contributed by atoms with Gasteiger partial charge < -0.3 is 9.80 Å². The van der Waals surface area contributed by atoms with Gasteiger partial charge in [0.1, 0.15) is 5.82 Å². The Morgan fingerprint density at radius 3 is 2.36 bits per heavy atom. The van der Waals surface area contributed by atoms with Crippen LogP contribution < -0.4 is 4.90 Å². The second kappa shape index (κ2) is 9.24. The lowest BCUT2D eigenvalue weighted by atomic mass is 10.1. The fraction of sp³-hybridized carbons (Fsp3) is 0.364. The van der Waals surface area contributed by atoms with Gasteiger partial charge >= 0.3 is 0 Å². The Morgan fingerprint density at radius 1 is 1.07 bits per heavy atom. The average Bonchev–Trinajstić information content (AvgIpc) is 2.72. The first kappa shape index (κ1) is 20.4. The Morgan fingerprint density at radius 2 is 1.75 bits per heavy atom. The summed E-state index contributed by atoms with van der Waals surface area (Å²) in [5.74, 6) is 0.284. The Kier molecular flexibility index (Phi) is 6.73. The predicted octanol–water partition coefficient (Wildman–Crippen LogP) is 4.11. The quantitative estimate of drug-likeness (QED) is 0.541.